The van der Waals surface area contributed by atoms with Crippen molar-refractivity contribution in [1.82, 2.24) is 5.32 Å². The first-order valence-electron chi connectivity index (χ1n) is 5.21. The average Bonchev–Trinajstić information content (AvgIpc) is 2.35. The van der Waals surface area contributed by atoms with Gasteiger partial charge in [-0.15, -0.1) is 0 Å². The Hall–Kier alpha value is -1.39. The van der Waals surface area contributed by atoms with E-state index in [9.17, 15) is 4.79 Å². The standard InChI is InChI=1S/C12H17NO3/c1-16-12(15)8-13-11(9-14)7-10-5-3-2-4-6-10/h2-6,11,13-14H,7-9H2,1H3. The Kier molecular flexibility index (Phi) is 5.53. The Balaban J connectivity index is 2.40. The van der Waals surface area contributed by atoms with Crippen LogP contribution in [-0.4, -0.2) is 37.4 Å². The number of carbonyl (C=O) groups is 1. The third kappa shape index (κ3) is 4.42. The van der Waals surface area contributed by atoms with E-state index < -0.39 is 0 Å². The molecule has 0 aromatic heterocycles. The molecule has 4 heteroatoms. The molecule has 0 radical (unpaired) electrons. The zero-order valence-electron chi connectivity index (χ0n) is 9.35. The number of esters is 1. The molecule has 88 valence electrons. The second-order valence-electron chi connectivity index (χ2n) is 3.53. The Morgan fingerprint density at radius 1 is 1.44 bits per heavy atom. The first-order valence-corrected chi connectivity index (χ1v) is 5.21. The fraction of sp³-hybridized carbons (Fsp3) is 0.417. The zero-order valence-corrected chi connectivity index (χ0v) is 9.35. The highest BCUT2D eigenvalue weighted by Crippen LogP contribution is 2.02. The number of aliphatic hydroxyl groups is 1. The summed E-state index contributed by atoms with van der Waals surface area (Å²) in [6.07, 6.45) is 0.689. The number of aliphatic hydroxyl groups excluding tert-OH is 1. The molecule has 1 aromatic rings. The fourth-order valence-electron chi connectivity index (χ4n) is 1.40. The average molecular weight is 223 g/mol. The van der Waals surface area contributed by atoms with Crippen LogP contribution in [0, 0.1) is 0 Å². The van der Waals surface area contributed by atoms with Crippen molar-refractivity contribution < 1.29 is 14.6 Å². The highest BCUT2D eigenvalue weighted by molar-refractivity contribution is 5.71. The predicted octanol–water partition coefficient (Wildman–Crippen LogP) is 0.353. The number of nitrogens with one attached hydrogen (secondary N) is 1. The summed E-state index contributed by atoms with van der Waals surface area (Å²) in [5.74, 6) is -0.327. The van der Waals surface area contributed by atoms with Gasteiger partial charge in [0.05, 0.1) is 20.3 Å². The Labute approximate surface area is 95.2 Å². The van der Waals surface area contributed by atoms with Gasteiger partial charge in [0.2, 0.25) is 0 Å². The Morgan fingerprint density at radius 2 is 2.12 bits per heavy atom. The lowest BCUT2D eigenvalue weighted by atomic mass is 10.1. The Morgan fingerprint density at radius 3 is 2.69 bits per heavy atom. The summed E-state index contributed by atoms with van der Waals surface area (Å²) in [4.78, 5) is 10.9. The van der Waals surface area contributed by atoms with Crippen LogP contribution in [0.25, 0.3) is 0 Å². The quantitative estimate of drug-likeness (QED) is 0.683. The summed E-state index contributed by atoms with van der Waals surface area (Å²) in [5, 5.41) is 12.1. The van der Waals surface area contributed by atoms with Crippen LogP contribution in [0.15, 0.2) is 30.3 Å². The summed E-state index contributed by atoms with van der Waals surface area (Å²) < 4.78 is 4.51. The van der Waals surface area contributed by atoms with E-state index >= 15 is 0 Å². The van der Waals surface area contributed by atoms with Crippen molar-refractivity contribution in [1.29, 1.82) is 0 Å². The van der Waals surface area contributed by atoms with Gasteiger partial charge in [-0.2, -0.15) is 0 Å². The summed E-state index contributed by atoms with van der Waals surface area (Å²) in [7, 11) is 1.34. The van der Waals surface area contributed by atoms with Crippen LogP contribution in [0.5, 0.6) is 0 Å². The monoisotopic (exact) mass is 223 g/mol. The van der Waals surface area contributed by atoms with Crippen LogP contribution in [0.2, 0.25) is 0 Å². The number of methoxy groups -OCH3 is 1. The molecule has 0 aliphatic carbocycles. The molecule has 0 spiro atoms. The van der Waals surface area contributed by atoms with Crippen LogP contribution >= 0.6 is 0 Å². The van der Waals surface area contributed by atoms with Gasteiger partial charge >= 0.3 is 5.97 Å². The molecule has 1 aromatic carbocycles. The summed E-state index contributed by atoms with van der Waals surface area (Å²) in [6.45, 7) is 0.112. The van der Waals surface area contributed by atoms with E-state index in [2.05, 4.69) is 10.1 Å². The van der Waals surface area contributed by atoms with Gasteiger partial charge in [-0.1, -0.05) is 30.3 Å². The minimum Gasteiger partial charge on any atom is -0.468 e. The van der Waals surface area contributed by atoms with Crippen molar-refractivity contribution in [3.8, 4) is 0 Å². The maximum absolute atomic E-state index is 10.9. The molecule has 4 nitrogen and oxygen atoms in total. The van der Waals surface area contributed by atoms with Crippen LogP contribution in [0.3, 0.4) is 0 Å². The second-order valence-corrected chi connectivity index (χ2v) is 3.53. The first-order chi connectivity index (χ1) is 7.76. The van der Waals surface area contributed by atoms with E-state index in [-0.39, 0.29) is 25.2 Å². The van der Waals surface area contributed by atoms with Gasteiger partial charge in [0.15, 0.2) is 0 Å². The third-order valence-electron chi connectivity index (χ3n) is 2.31. The number of ether oxygens (including phenoxy) is 1. The molecule has 0 fully saturated rings. The van der Waals surface area contributed by atoms with E-state index in [1.807, 2.05) is 30.3 Å². The van der Waals surface area contributed by atoms with Gasteiger partial charge in [0, 0.05) is 6.04 Å². The second kappa shape index (κ2) is 6.98. The van der Waals surface area contributed by atoms with Gasteiger partial charge in [0.25, 0.3) is 0 Å². The predicted molar refractivity (Wildman–Crippen MR) is 61.0 cm³/mol. The normalized spacial score (nSPS) is 12.1. The molecule has 0 bridgehead atoms. The topological polar surface area (TPSA) is 58.6 Å². The molecule has 1 rings (SSSR count). The lowest BCUT2D eigenvalue weighted by Crippen LogP contribution is -2.38. The Bertz CT molecular complexity index is 313. The van der Waals surface area contributed by atoms with Gasteiger partial charge in [-0.05, 0) is 12.0 Å². The van der Waals surface area contributed by atoms with Crippen LogP contribution < -0.4 is 5.32 Å². The summed E-state index contributed by atoms with van der Waals surface area (Å²) in [5.41, 5.74) is 1.12. The molecule has 0 saturated carbocycles. The van der Waals surface area contributed by atoms with Gasteiger partial charge in [-0.25, -0.2) is 0 Å². The molecule has 1 unspecified atom stereocenters. The van der Waals surface area contributed by atoms with E-state index in [0.717, 1.165) is 5.56 Å². The van der Waals surface area contributed by atoms with Crippen molar-refractivity contribution in [2.24, 2.45) is 0 Å². The molecule has 16 heavy (non-hydrogen) atoms. The van der Waals surface area contributed by atoms with Crippen molar-refractivity contribution in [3.05, 3.63) is 35.9 Å². The van der Waals surface area contributed by atoms with E-state index in [4.69, 9.17) is 5.11 Å². The smallest absolute Gasteiger partial charge is 0.319 e. The number of hydrogen-bond donors (Lipinski definition) is 2. The number of rotatable bonds is 6. The summed E-state index contributed by atoms with van der Waals surface area (Å²) in [6, 6.07) is 9.69. The summed E-state index contributed by atoms with van der Waals surface area (Å²) >= 11 is 0. The van der Waals surface area contributed by atoms with Gasteiger partial charge < -0.3 is 15.2 Å². The minimum absolute atomic E-state index is 0.00805. The van der Waals surface area contributed by atoms with Crippen molar-refractivity contribution >= 4 is 5.97 Å². The SMILES string of the molecule is COC(=O)CNC(CO)Cc1ccccc1. The van der Waals surface area contributed by atoms with Crippen LogP contribution in [-0.2, 0) is 16.0 Å². The molecule has 0 amide bonds. The highest BCUT2D eigenvalue weighted by Gasteiger charge is 2.09. The largest absolute Gasteiger partial charge is 0.468 e. The maximum atomic E-state index is 10.9. The molecule has 0 aliphatic rings. The van der Waals surface area contributed by atoms with E-state index in [1.54, 1.807) is 0 Å². The molecular formula is C12H17NO3. The minimum atomic E-state index is -0.327. The molecule has 0 aliphatic heterocycles. The van der Waals surface area contributed by atoms with Gasteiger partial charge in [0.1, 0.15) is 0 Å². The fourth-order valence-corrected chi connectivity index (χ4v) is 1.40. The van der Waals surface area contributed by atoms with Crippen LogP contribution in [0.1, 0.15) is 5.56 Å². The molecule has 1 atom stereocenters. The third-order valence-corrected chi connectivity index (χ3v) is 2.31. The molecular weight excluding hydrogens is 206 g/mol. The number of hydrogen-bond acceptors (Lipinski definition) is 4. The van der Waals surface area contributed by atoms with Crippen LogP contribution in [0.4, 0.5) is 0 Å². The van der Waals surface area contributed by atoms with Gasteiger partial charge in [-0.3, -0.25) is 4.79 Å². The molecule has 2 N–H and O–H groups in total. The van der Waals surface area contributed by atoms with E-state index in [1.165, 1.54) is 7.11 Å². The van der Waals surface area contributed by atoms with Crippen molar-refractivity contribution in [3.63, 3.8) is 0 Å². The molecule has 0 heterocycles. The lowest BCUT2D eigenvalue weighted by molar-refractivity contribution is -0.139. The van der Waals surface area contributed by atoms with Crippen molar-refractivity contribution in [2.75, 3.05) is 20.3 Å². The first kappa shape index (κ1) is 12.7. The molecule has 0 saturated heterocycles. The number of carbonyl (C=O) groups excluding carboxylic acids is 1. The van der Waals surface area contributed by atoms with Crippen molar-refractivity contribution in [2.45, 2.75) is 12.5 Å². The highest BCUT2D eigenvalue weighted by atomic mass is 16.5. The van der Waals surface area contributed by atoms with E-state index in [0.29, 0.717) is 6.42 Å². The maximum Gasteiger partial charge on any atom is 0.319 e. The lowest BCUT2D eigenvalue weighted by Gasteiger charge is -2.15. The number of benzene rings is 1. The zero-order chi connectivity index (χ0) is 11.8.